The first-order valence-electron chi connectivity index (χ1n) is 7.94. The van der Waals surface area contributed by atoms with Gasteiger partial charge >= 0.3 is 6.09 Å². The molecule has 0 aliphatic carbocycles. The monoisotopic (exact) mass is 349 g/mol. The molecule has 0 aliphatic rings. The van der Waals surface area contributed by atoms with Crippen LogP contribution in [0.5, 0.6) is 11.5 Å². The molecule has 6 nitrogen and oxygen atoms in total. The van der Waals surface area contributed by atoms with Gasteiger partial charge in [0.05, 0.1) is 18.5 Å². The Morgan fingerprint density at radius 1 is 0.885 bits per heavy atom. The number of methoxy groups -OCH3 is 1. The van der Waals surface area contributed by atoms with E-state index < -0.39 is 6.09 Å². The first-order valence-corrected chi connectivity index (χ1v) is 7.94. The number of hydrogen-bond donors (Lipinski definition) is 3. The summed E-state index contributed by atoms with van der Waals surface area (Å²) in [5.74, 6) is 1.07. The third kappa shape index (κ3) is 3.87. The number of para-hydroxylation sites is 1. The quantitative estimate of drug-likeness (QED) is 0.615. The first kappa shape index (κ1) is 17.2. The summed E-state index contributed by atoms with van der Waals surface area (Å²) in [6.07, 6.45) is -0.634. The van der Waals surface area contributed by atoms with E-state index in [1.165, 1.54) is 0 Å². The van der Waals surface area contributed by atoms with Crippen molar-refractivity contribution < 1.29 is 14.3 Å². The molecule has 1 amide bonds. The predicted molar refractivity (Wildman–Crippen MR) is 103 cm³/mol. The molecule has 0 saturated heterocycles. The molecule has 0 aromatic heterocycles. The average molecular weight is 349 g/mol. The number of carbonyl (C=O) groups is 1. The van der Waals surface area contributed by atoms with Gasteiger partial charge in [-0.15, -0.1) is 0 Å². The van der Waals surface area contributed by atoms with E-state index in [9.17, 15) is 4.79 Å². The second-order valence-corrected chi connectivity index (χ2v) is 5.58. The average Bonchev–Trinajstić information content (AvgIpc) is 2.65. The Kier molecular flexibility index (Phi) is 4.94. The van der Waals surface area contributed by atoms with Gasteiger partial charge in [0.1, 0.15) is 11.5 Å². The van der Waals surface area contributed by atoms with Crippen molar-refractivity contribution in [2.75, 3.05) is 23.9 Å². The molecule has 0 heterocycles. The minimum Gasteiger partial charge on any atom is -0.497 e. The van der Waals surface area contributed by atoms with Crippen LogP contribution in [0.2, 0.25) is 0 Å². The van der Waals surface area contributed by atoms with Crippen molar-refractivity contribution in [2.24, 2.45) is 0 Å². The highest BCUT2D eigenvalue weighted by Gasteiger charge is 2.13. The van der Waals surface area contributed by atoms with Gasteiger partial charge in [-0.2, -0.15) is 0 Å². The second-order valence-electron chi connectivity index (χ2n) is 5.58. The molecular weight excluding hydrogens is 330 g/mol. The molecule has 0 atom stereocenters. The molecule has 26 heavy (non-hydrogen) atoms. The minimum absolute atomic E-state index is 0.395. The topological polar surface area (TPSA) is 99.6 Å². The van der Waals surface area contributed by atoms with Crippen molar-refractivity contribution in [3.63, 3.8) is 0 Å². The fourth-order valence-electron chi connectivity index (χ4n) is 2.49. The highest BCUT2D eigenvalue weighted by molar-refractivity contribution is 5.97. The molecule has 0 unspecified atom stereocenters. The van der Waals surface area contributed by atoms with Crippen molar-refractivity contribution in [1.29, 1.82) is 0 Å². The molecule has 0 fully saturated rings. The smallest absolute Gasteiger partial charge is 0.417 e. The summed E-state index contributed by atoms with van der Waals surface area (Å²) >= 11 is 0. The minimum atomic E-state index is -0.634. The van der Waals surface area contributed by atoms with E-state index in [0.717, 1.165) is 11.1 Å². The molecule has 5 N–H and O–H groups in total. The van der Waals surface area contributed by atoms with Crippen LogP contribution in [0, 0.1) is 0 Å². The maximum atomic E-state index is 12.3. The Labute approximate surface area is 151 Å². The van der Waals surface area contributed by atoms with Gasteiger partial charge in [-0.05, 0) is 48.0 Å². The molecule has 0 spiro atoms. The Morgan fingerprint density at radius 3 is 2.19 bits per heavy atom. The zero-order chi connectivity index (χ0) is 18.5. The lowest BCUT2D eigenvalue weighted by molar-refractivity contribution is 0.215. The number of nitrogens with two attached hydrogens (primary N) is 2. The summed E-state index contributed by atoms with van der Waals surface area (Å²) in [7, 11) is 1.57. The summed E-state index contributed by atoms with van der Waals surface area (Å²) in [4.78, 5) is 12.3. The van der Waals surface area contributed by atoms with Gasteiger partial charge < -0.3 is 20.9 Å². The van der Waals surface area contributed by atoms with Gasteiger partial charge in [0.25, 0.3) is 0 Å². The van der Waals surface area contributed by atoms with Gasteiger partial charge in [0.15, 0.2) is 0 Å². The van der Waals surface area contributed by atoms with Gasteiger partial charge in [-0.1, -0.05) is 24.3 Å². The van der Waals surface area contributed by atoms with E-state index in [1.807, 2.05) is 24.3 Å². The second kappa shape index (κ2) is 7.48. The number of carbonyl (C=O) groups excluding carboxylic acids is 1. The molecule has 3 aromatic carbocycles. The van der Waals surface area contributed by atoms with Gasteiger partial charge in [0, 0.05) is 11.3 Å². The van der Waals surface area contributed by atoms with Gasteiger partial charge in [0.2, 0.25) is 0 Å². The van der Waals surface area contributed by atoms with Crippen LogP contribution in [0.3, 0.4) is 0 Å². The maximum absolute atomic E-state index is 12.3. The molecule has 3 rings (SSSR count). The van der Waals surface area contributed by atoms with Crippen molar-refractivity contribution in [1.82, 2.24) is 0 Å². The summed E-state index contributed by atoms with van der Waals surface area (Å²) in [5.41, 5.74) is 15.0. The number of nitrogen functional groups attached to an aromatic ring is 2. The summed E-state index contributed by atoms with van der Waals surface area (Å²) in [6.45, 7) is 0. The van der Waals surface area contributed by atoms with E-state index in [-0.39, 0.29) is 0 Å². The van der Waals surface area contributed by atoms with Crippen LogP contribution in [-0.2, 0) is 0 Å². The van der Waals surface area contributed by atoms with Crippen molar-refractivity contribution in [3.8, 4) is 22.6 Å². The largest absolute Gasteiger partial charge is 0.497 e. The number of nitrogens with one attached hydrogen (secondary N) is 1. The number of benzene rings is 3. The highest BCUT2D eigenvalue weighted by atomic mass is 16.6. The Hall–Kier alpha value is -3.67. The van der Waals surface area contributed by atoms with Crippen LogP contribution < -0.4 is 26.3 Å². The number of amides is 1. The van der Waals surface area contributed by atoms with Gasteiger partial charge in [-0.25, -0.2) is 4.79 Å². The predicted octanol–water partition coefficient (Wildman–Crippen LogP) is 4.14. The third-order valence-electron chi connectivity index (χ3n) is 3.82. The molecule has 0 saturated carbocycles. The van der Waals surface area contributed by atoms with Crippen LogP contribution in [0.4, 0.5) is 21.9 Å². The van der Waals surface area contributed by atoms with Crippen molar-refractivity contribution in [2.45, 2.75) is 0 Å². The fourth-order valence-corrected chi connectivity index (χ4v) is 2.49. The number of ether oxygens (including phenoxy) is 2. The lowest BCUT2D eigenvalue weighted by Crippen LogP contribution is -2.18. The van der Waals surface area contributed by atoms with E-state index in [0.29, 0.717) is 28.6 Å². The standard InChI is InChI=1S/C20H19N3O3/c1-25-15-9-11-16(12-10-15)26-20(24)23-19-17(3-2-4-18(19)22)13-5-7-14(21)8-6-13/h2-12H,21-22H2,1H3,(H,23,24). The molecule has 0 aliphatic heterocycles. The lowest BCUT2D eigenvalue weighted by Gasteiger charge is -2.14. The summed E-state index contributed by atoms with van der Waals surface area (Å²) in [5, 5.41) is 2.72. The molecule has 0 bridgehead atoms. The van der Waals surface area contributed by atoms with Crippen LogP contribution in [0.25, 0.3) is 11.1 Å². The van der Waals surface area contributed by atoms with Crippen molar-refractivity contribution in [3.05, 3.63) is 66.7 Å². The molecule has 3 aromatic rings. The molecule has 0 radical (unpaired) electrons. The number of anilines is 3. The van der Waals surface area contributed by atoms with Crippen LogP contribution in [0.1, 0.15) is 0 Å². The Morgan fingerprint density at radius 2 is 1.54 bits per heavy atom. The third-order valence-corrected chi connectivity index (χ3v) is 3.82. The van der Waals surface area contributed by atoms with Crippen molar-refractivity contribution >= 4 is 23.2 Å². The zero-order valence-corrected chi connectivity index (χ0v) is 14.2. The lowest BCUT2D eigenvalue weighted by atomic mass is 10.0. The molecule has 6 heteroatoms. The SMILES string of the molecule is COc1ccc(OC(=O)Nc2c(N)cccc2-c2ccc(N)cc2)cc1. The molecular formula is C20H19N3O3. The van der Waals surface area contributed by atoms with Crippen LogP contribution in [-0.4, -0.2) is 13.2 Å². The van der Waals surface area contributed by atoms with E-state index >= 15 is 0 Å². The normalized spacial score (nSPS) is 10.2. The van der Waals surface area contributed by atoms with E-state index in [1.54, 1.807) is 49.6 Å². The molecule has 132 valence electrons. The van der Waals surface area contributed by atoms with Crippen LogP contribution >= 0.6 is 0 Å². The zero-order valence-electron chi connectivity index (χ0n) is 14.2. The highest BCUT2D eigenvalue weighted by Crippen LogP contribution is 2.33. The number of hydrogen-bond acceptors (Lipinski definition) is 5. The number of rotatable bonds is 4. The summed E-state index contributed by atoms with van der Waals surface area (Å²) < 4.78 is 10.4. The maximum Gasteiger partial charge on any atom is 0.417 e. The van der Waals surface area contributed by atoms with E-state index in [2.05, 4.69) is 5.32 Å². The van der Waals surface area contributed by atoms with Gasteiger partial charge in [-0.3, -0.25) is 5.32 Å². The Balaban J connectivity index is 1.82. The van der Waals surface area contributed by atoms with E-state index in [4.69, 9.17) is 20.9 Å². The van der Waals surface area contributed by atoms with Crippen LogP contribution in [0.15, 0.2) is 66.7 Å². The fraction of sp³-hybridized carbons (Fsp3) is 0.0500. The summed E-state index contributed by atoms with van der Waals surface area (Å²) in [6, 6.07) is 19.4. The first-order chi connectivity index (χ1) is 12.6. The Bertz CT molecular complexity index is 907.